The molecule has 0 unspecified atom stereocenters. The highest BCUT2D eigenvalue weighted by molar-refractivity contribution is 7.90. The van der Waals surface area contributed by atoms with Crippen molar-refractivity contribution in [2.75, 3.05) is 6.26 Å². The summed E-state index contributed by atoms with van der Waals surface area (Å²) in [6.07, 6.45) is 2.40. The van der Waals surface area contributed by atoms with Gasteiger partial charge in [-0.1, -0.05) is 6.07 Å². The Labute approximate surface area is 100 Å². The minimum atomic E-state index is -3.44. The van der Waals surface area contributed by atoms with Crippen LogP contribution in [0.4, 0.5) is 0 Å². The van der Waals surface area contributed by atoms with Crippen molar-refractivity contribution in [1.29, 1.82) is 0 Å². The molecule has 1 aromatic carbocycles. The smallest absolute Gasteiger partial charge is 0.217 e. The molecular weight excluding hydrogens is 242 g/mol. The van der Waals surface area contributed by atoms with E-state index in [4.69, 9.17) is 5.73 Å². The lowest BCUT2D eigenvalue weighted by Crippen LogP contribution is -2.10. The van der Waals surface area contributed by atoms with Crippen LogP contribution in [0.2, 0.25) is 0 Å². The minimum absolute atomic E-state index is 0.0888. The van der Waals surface area contributed by atoms with E-state index in [2.05, 4.69) is 0 Å². The number of amides is 1. The van der Waals surface area contributed by atoms with Crippen LogP contribution in [0.3, 0.4) is 0 Å². The molecule has 0 aromatic heterocycles. The van der Waals surface area contributed by atoms with Gasteiger partial charge in [0.05, 0.1) is 0 Å². The summed E-state index contributed by atoms with van der Waals surface area (Å²) in [4.78, 5) is 10.5. The van der Waals surface area contributed by atoms with E-state index in [0.29, 0.717) is 12.8 Å². The summed E-state index contributed by atoms with van der Waals surface area (Å²) in [6.45, 7) is 0. The van der Waals surface area contributed by atoms with Gasteiger partial charge < -0.3 is 10.8 Å². The number of rotatable bonds is 5. The first-order chi connectivity index (χ1) is 7.80. The first-order valence-corrected chi connectivity index (χ1v) is 7.00. The number of aryl methyl sites for hydroxylation is 1. The third kappa shape index (κ3) is 4.07. The summed E-state index contributed by atoms with van der Waals surface area (Å²) in [7, 11) is -3.44. The number of benzene rings is 1. The normalized spacial score (nSPS) is 11.4. The quantitative estimate of drug-likeness (QED) is 0.807. The summed E-state index contributed by atoms with van der Waals surface area (Å²) in [6, 6.07) is 4.40. The van der Waals surface area contributed by atoms with E-state index in [1.54, 1.807) is 6.07 Å². The van der Waals surface area contributed by atoms with Gasteiger partial charge in [0.25, 0.3) is 0 Å². The average Bonchev–Trinajstić information content (AvgIpc) is 2.18. The standard InChI is InChI=1S/C11H15NO4S/c1-17(15,16)10-7-8(5-6-9(10)13)3-2-4-11(12)14/h5-7,13H,2-4H2,1H3,(H2,12,14). The Bertz CT molecular complexity index is 522. The number of nitrogens with two attached hydrogens (primary N) is 1. The second-order valence-electron chi connectivity index (χ2n) is 3.89. The van der Waals surface area contributed by atoms with Crippen LogP contribution in [0.25, 0.3) is 0 Å². The Hall–Kier alpha value is -1.56. The first-order valence-electron chi connectivity index (χ1n) is 5.11. The largest absolute Gasteiger partial charge is 0.507 e. The maximum absolute atomic E-state index is 11.4. The minimum Gasteiger partial charge on any atom is -0.507 e. The monoisotopic (exact) mass is 257 g/mol. The fourth-order valence-corrected chi connectivity index (χ4v) is 2.29. The zero-order chi connectivity index (χ0) is 13.1. The Balaban J connectivity index is 2.86. The lowest BCUT2D eigenvalue weighted by Gasteiger charge is -2.05. The molecule has 0 atom stereocenters. The zero-order valence-corrected chi connectivity index (χ0v) is 10.3. The molecule has 0 aliphatic carbocycles. The SMILES string of the molecule is CS(=O)(=O)c1cc(CCCC(N)=O)ccc1O. The van der Waals surface area contributed by atoms with Crippen LogP contribution in [0, 0.1) is 0 Å². The van der Waals surface area contributed by atoms with Gasteiger partial charge in [0.2, 0.25) is 5.91 Å². The molecule has 0 bridgehead atoms. The number of primary amides is 1. The number of hydrogen-bond donors (Lipinski definition) is 2. The van der Waals surface area contributed by atoms with Crippen molar-refractivity contribution in [2.45, 2.75) is 24.2 Å². The van der Waals surface area contributed by atoms with Crippen LogP contribution in [-0.2, 0) is 21.1 Å². The number of sulfone groups is 1. The van der Waals surface area contributed by atoms with Crippen molar-refractivity contribution in [3.8, 4) is 5.75 Å². The summed E-state index contributed by atoms with van der Waals surface area (Å²) < 4.78 is 22.7. The van der Waals surface area contributed by atoms with Crippen molar-refractivity contribution in [1.82, 2.24) is 0 Å². The van der Waals surface area contributed by atoms with Crippen LogP contribution in [0.1, 0.15) is 18.4 Å². The van der Waals surface area contributed by atoms with E-state index >= 15 is 0 Å². The number of phenols is 1. The molecule has 1 rings (SSSR count). The molecule has 0 fully saturated rings. The van der Waals surface area contributed by atoms with Crippen LogP contribution in [0.15, 0.2) is 23.1 Å². The van der Waals surface area contributed by atoms with E-state index < -0.39 is 9.84 Å². The number of hydrogen-bond acceptors (Lipinski definition) is 4. The van der Waals surface area contributed by atoms with Gasteiger partial charge in [0.15, 0.2) is 9.84 Å². The van der Waals surface area contributed by atoms with E-state index in [9.17, 15) is 18.3 Å². The first kappa shape index (κ1) is 13.5. The molecule has 0 radical (unpaired) electrons. The Morgan fingerprint density at radius 3 is 2.59 bits per heavy atom. The third-order valence-electron chi connectivity index (χ3n) is 2.31. The number of carbonyl (C=O) groups is 1. The van der Waals surface area contributed by atoms with Crippen LogP contribution >= 0.6 is 0 Å². The lowest BCUT2D eigenvalue weighted by atomic mass is 10.1. The van der Waals surface area contributed by atoms with E-state index in [-0.39, 0.29) is 23.0 Å². The molecule has 5 nitrogen and oxygen atoms in total. The molecule has 0 aliphatic heterocycles. The predicted octanol–water partition coefficient (Wildman–Crippen LogP) is 0.604. The molecule has 0 saturated carbocycles. The highest BCUT2D eigenvalue weighted by Gasteiger charge is 2.13. The average molecular weight is 257 g/mol. The van der Waals surface area contributed by atoms with Gasteiger partial charge in [0, 0.05) is 12.7 Å². The number of aromatic hydroxyl groups is 1. The number of phenolic OH excluding ortho intramolecular Hbond substituents is 1. The second-order valence-corrected chi connectivity index (χ2v) is 5.88. The third-order valence-corrected chi connectivity index (χ3v) is 3.44. The molecule has 0 spiro atoms. The van der Waals surface area contributed by atoms with Gasteiger partial charge in [-0.2, -0.15) is 0 Å². The molecule has 0 saturated heterocycles. The lowest BCUT2D eigenvalue weighted by molar-refractivity contribution is -0.118. The van der Waals surface area contributed by atoms with Crippen molar-refractivity contribution in [2.24, 2.45) is 5.73 Å². The Morgan fingerprint density at radius 1 is 1.41 bits per heavy atom. The second kappa shape index (κ2) is 5.18. The summed E-state index contributed by atoms with van der Waals surface area (Å²) in [5, 5.41) is 9.43. The zero-order valence-electron chi connectivity index (χ0n) is 9.51. The molecule has 17 heavy (non-hydrogen) atoms. The fraction of sp³-hybridized carbons (Fsp3) is 0.364. The molecule has 6 heteroatoms. The highest BCUT2D eigenvalue weighted by Crippen LogP contribution is 2.24. The van der Waals surface area contributed by atoms with Crippen molar-refractivity contribution in [3.63, 3.8) is 0 Å². The van der Waals surface area contributed by atoms with Gasteiger partial charge in [-0.15, -0.1) is 0 Å². The maximum atomic E-state index is 11.4. The molecule has 3 N–H and O–H groups in total. The summed E-state index contributed by atoms with van der Waals surface area (Å²) in [5.74, 6) is -0.640. The Morgan fingerprint density at radius 2 is 2.06 bits per heavy atom. The molecule has 1 amide bonds. The van der Waals surface area contributed by atoms with Crippen molar-refractivity contribution < 1.29 is 18.3 Å². The molecule has 0 aliphatic rings. The summed E-state index contributed by atoms with van der Waals surface area (Å²) in [5.41, 5.74) is 5.76. The van der Waals surface area contributed by atoms with Gasteiger partial charge in [-0.25, -0.2) is 8.42 Å². The van der Waals surface area contributed by atoms with Crippen LogP contribution < -0.4 is 5.73 Å². The number of carbonyl (C=O) groups excluding carboxylic acids is 1. The van der Waals surface area contributed by atoms with Gasteiger partial charge >= 0.3 is 0 Å². The van der Waals surface area contributed by atoms with Gasteiger partial charge in [0.1, 0.15) is 10.6 Å². The van der Waals surface area contributed by atoms with E-state index in [0.717, 1.165) is 11.8 Å². The predicted molar refractivity (Wildman–Crippen MR) is 63.3 cm³/mol. The van der Waals surface area contributed by atoms with Gasteiger partial charge in [-0.3, -0.25) is 4.79 Å². The molecule has 1 aromatic rings. The van der Waals surface area contributed by atoms with Crippen molar-refractivity contribution in [3.05, 3.63) is 23.8 Å². The van der Waals surface area contributed by atoms with E-state index in [1.165, 1.54) is 12.1 Å². The molecular formula is C11H15NO4S. The van der Waals surface area contributed by atoms with Crippen LogP contribution in [0.5, 0.6) is 5.75 Å². The topological polar surface area (TPSA) is 97.5 Å². The highest BCUT2D eigenvalue weighted by atomic mass is 32.2. The maximum Gasteiger partial charge on any atom is 0.217 e. The molecule has 0 heterocycles. The van der Waals surface area contributed by atoms with Crippen molar-refractivity contribution >= 4 is 15.7 Å². The Kier molecular flexibility index (Phi) is 4.11. The van der Waals surface area contributed by atoms with Crippen LogP contribution in [-0.4, -0.2) is 25.7 Å². The summed E-state index contributed by atoms with van der Waals surface area (Å²) >= 11 is 0. The fourth-order valence-electron chi connectivity index (χ4n) is 1.48. The molecule has 94 valence electrons. The van der Waals surface area contributed by atoms with E-state index in [1.807, 2.05) is 0 Å². The van der Waals surface area contributed by atoms with Gasteiger partial charge in [-0.05, 0) is 30.5 Å².